The zero-order valence-corrected chi connectivity index (χ0v) is 17.4. The quantitative estimate of drug-likeness (QED) is 0.163. The Balaban J connectivity index is 2.94. The normalized spacial score (nSPS) is 10.7. The minimum atomic E-state index is -1.08. The van der Waals surface area contributed by atoms with Crippen molar-refractivity contribution in [3.8, 4) is 11.5 Å². The van der Waals surface area contributed by atoms with Crippen LogP contribution >= 0.6 is 0 Å². The summed E-state index contributed by atoms with van der Waals surface area (Å²) in [5.41, 5.74) is 0.406. The number of benzene rings is 1. The maximum atomic E-state index is 11.7. The average molecular weight is 381 g/mol. The van der Waals surface area contributed by atoms with E-state index in [-0.39, 0.29) is 5.57 Å². The summed E-state index contributed by atoms with van der Waals surface area (Å²) in [5.74, 6) is -0.372. The highest BCUT2D eigenvalue weighted by Crippen LogP contribution is 2.29. The van der Waals surface area contributed by atoms with Crippen LogP contribution in [0.15, 0.2) is 23.8 Å². The van der Waals surface area contributed by atoms with Gasteiger partial charge in [0, 0.05) is 8.07 Å². The van der Waals surface area contributed by atoms with Gasteiger partial charge in [0.15, 0.2) is 11.5 Å². The molecule has 0 saturated carbocycles. The van der Waals surface area contributed by atoms with Crippen molar-refractivity contribution in [1.29, 1.82) is 0 Å². The van der Waals surface area contributed by atoms with E-state index in [0.29, 0.717) is 23.7 Å². The largest absolute Gasteiger partial charge is 0.493 e. The summed E-state index contributed by atoms with van der Waals surface area (Å²) in [6.45, 7) is 7.60. The van der Waals surface area contributed by atoms with Crippen LogP contribution in [0.5, 0.6) is 11.5 Å². The lowest BCUT2D eigenvalue weighted by molar-refractivity contribution is -0.143. The van der Waals surface area contributed by atoms with E-state index in [2.05, 4.69) is 29.1 Å². The van der Waals surface area contributed by atoms with Crippen molar-refractivity contribution in [3.63, 3.8) is 0 Å². The van der Waals surface area contributed by atoms with Crippen molar-refractivity contribution in [2.45, 2.75) is 32.1 Å². The third kappa shape index (κ3) is 6.91. The molecule has 0 N–H and O–H groups in total. The third-order valence-corrected chi connectivity index (χ3v) is 5.49. The number of esters is 2. The molecule has 0 aromatic heterocycles. The van der Waals surface area contributed by atoms with Crippen molar-refractivity contribution >= 4 is 26.1 Å². The Hall–Kier alpha value is -2.28. The number of ether oxygens (including phenoxy) is 4. The van der Waals surface area contributed by atoms with E-state index in [1.807, 2.05) is 0 Å². The zero-order chi connectivity index (χ0) is 19.7. The van der Waals surface area contributed by atoms with Crippen LogP contribution in [-0.4, -0.2) is 47.9 Å². The molecule has 1 rings (SSSR count). The number of carbonyl (C=O) groups is 2. The molecule has 0 aliphatic heterocycles. The lowest BCUT2D eigenvalue weighted by atomic mass is 10.1. The Morgan fingerprint density at radius 3 is 2.12 bits per heavy atom. The highest BCUT2D eigenvalue weighted by atomic mass is 28.3. The summed E-state index contributed by atoms with van der Waals surface area (Å²) >= 11 is 0. The maximum absolute atomic E-state index is 11.7. The summed E-state index contributed by atoms with van der Waals surface area (Å²) in [7, 11) is 2.87. The van der Waals surface area contributed by atoms with Gasteiger partial charge in [-0.2, -0.15) is 0 Å². The molecular weight excluding hydrogens is 352 g/mol. The highest BCUT2D eigenvalue weighted by molar-refractivity contribution is 6.76. The summed E-state index contributed by atoms with van der Waals surface area (Å²) < 4.78 is 20.4. The van der Waals surface area contributed by atoms with Crippen LogP contribution in [0.2, 0.25) is 25.7 Å². The minimum absolute atomic E-state index is 0.194. The van der Waals surface area contributed by atoms with Gasteiger partial charge in [0.2, 0.25) is 0 Å². The molecule has 0 spiro atoms. The van der Waals surface area contributed by atoms with E-state index in [9.17, 15) is 9.59 Å². The van der Waals surface area contributed by atoms with E-state index in [1.54, 1.807) is 25.3 Å². The molecule has 7 heteroatoms. The summed E-state index contributed by atoms with van der Waals surface area (Å²) in [6, 6.07) is 6.38. The fourth-order valence-electron chi connectivity index (χ4n) is 2.27. The molecule has 0 heterocycles. The fourth-order valence-corrected chi connectivity index (χ4v) is 3.47. The number of carbonyl (C=O) groups excluding carboxylic acids is 2. The second-order valence-corrected chi connectivity index (χ2v) is 12.6. The third-order valence-electron chi connectivity index (χ3n) is 3.64. The second-order valence-electron chi connectivity index (χ2n) is 6.96. The fraction of sp³-hybridized carbons (Fsp3) is 0.474. The van der Waals surface area contributed by atoms with E-state index in [1.165, 1.54) is 26.3 Å². The topological polar surface area (TPSA) is 71.1 Å². The summed E-state index contributed by atoms with van der Waals surface area (Å²) in [4.78, 5) is 23.5. The molecule has 1 aromatic rings. The molecule has 1 aromatic carbocycles. The van der Waals surface area contributed by atoms with Gasteiger partial charge < -0.3 is 18.9 Å². The molecule has 0 fully saturated rings. The van der Waals surface area contributed by atoms with E-state index in [4.69, 9.17) is 9.47 Å². The molecule has 0 atom stereocenters. The molecule has 6 nitrogen and oxygen atoms in total. The number of hydrogen-bond acceptors (Lipinski definition) is 6. The molecule has 0 aliphatic rings. The van der Waals surface area contributed by atoms with Crippen LogP contribution in [0, 0.1) is 0 Å². The van der Waals surface area contributed by atoms with Crippen LogP contribution in [0.25, 0.3) is 6.08 Å². The first-order chi connectivity index (χ1) is 12.2. The van der Waals surface area contributed by atoms with Crippen molar-refractivity contribution < 1.29 is 28.5 Å². The molecular formula is C19H28O6Si. The van der Waals surface area contributed by atoms with Crippen molar-refractivity contribution in [3.05, 3.63) is 29.3 Å². The Morgan fingerprint density at radius 2 is 1.62 bits per heavy atom. The Kier molecular flexibility index (Phi) is 8.38. The first-order valence-corrected chi connectivity index (χ1v) is 12.1. The van der Waals surface area contributed by atoms with Gasteiger partial charge in [0.1, 0.15) is 5.57 Å². The molecule has 144 valence electrons. The zero-order valence-electron chi connectivity index (χ0n) is 16.4. The molecule has 0 aliphatic carbocycles. The van der Waals surface area contributed by atoms with Gasteiger partial charge in [0.05, 0.1) is 27.9 Å². The van der Waals surface area contributed by atoms with Gasteiger partial charge >= 0.3 is 11.9 Å². The van der Waals surface area contributed by atoms with Gasteiger partial charge in [-0.1, -0.05) is 31.8 Å². The number of rotatable bonds is 9. The van der Waals surface area contributed by atoms with Gasteiger partial charge in [-0.25, -0.2) is 9.59 Å². The maximum Gasteiger partial charge on any atom is 0.345 e. The first-order valence-electron chi connectivity index (χ1n) is 8.41. The Morgan fingerprint density at radius 1 is 1.00 bits per heavy atom. The highest BCUT2D eigenvalue weighted by Gasteiger charge is 2.20. The van der Waals surface area contributed by atoms with Crippen LogP contribution in [0.3, 0.4) is 0 Å². The van der Waals surface area contributed by atoms with Crippen molar-refractivity contribution in [1.82, 2.24) is 0 Å². The SMILES string of the molecule is COC(=O)C(=Cc1ccc(OCCC[Si](C)(C)C)c(OC)c1)C(=O)OC. The van der Waals surface area contributed by atoms with Crippen LogP contribution in [0.4, 0.5) is 0 Å². The summed E-state index contributed by atoms with van der Waals surface area (Å²) in [5, 5.41) is 0. The lowest BCUT2D eigenvalue weighted by Gasteiger charge is -2.16. The van der Waals surface area contributed by atoms with Gasteiger partial charge in [-0.15, -0.1) is 0 Å². The Bertz CT molecular complexity index is 642. The summed E-state index contributed by atoms with van der Waals surface area (Å²) in [6.07, 6.45) is 2.39. The van der Waals surface area contributed by atoms with Gasteiger partial charge in [0.25, 0.3) is 0 Å². The first kappa shape index (κ1) is 21.8. The lowest BCUT2D eigenvalue weighted by Crippen LogP contribution is -2.20. The number of methoxy groups -OCH3 is 3. The van der Waals surface area contributed by atoms with Gasteiger partial charge in [-0.05, 0) is 30.2 Å². The van der Waals surface area contributed by atoms with Crippen molar-refractivity contribution in [2.75, 3.05) is 27.9 Å². The standard InChI is InChI=1S/C19H28O6Si/c1-22-17-13-14(12-15(18(20)23-2)19(21)24-3)8-9-16(17)25-10-7-11-26(4,5)6/h8-9,12-13H,7,10-11H2,1-6H3. The average Bonchev–Trinajstić information content (AvgIpc) is 2.61. The van der Waals surface area contributed by atoms with Crippen LogP contribution < -0.4 is 9.47 Å². The van der Waals surface area contributed by atoms with Crippen LogP contribution in [0.1, 0.15) is 12.0 Å². The monoisotopic (exact) mass is 380 g/mol. The predicted molar refractivity (Wildman–Crippen MR) is 103 cm³/mol. The van der Waals surface area contributed by atoms with Crippen molar-refractivity contribution in [2.24, 2.45) is 0 Å². The molecule has 26 heavy (non-hydrogen) atoms. The molecule has 0 bridgehead atoms. The molecule has 0 saturated heterocycles. The van der Waals surface area contributed by atoms with Gasteiger partial charge in [-0.3, -0.25) is 0 Å². The van der Waals surface area contributed by atoms with E-state index in [0.717, 1.165) is 6.42 Å². The molecule has 0 amide bonds. The minimum Gasteiger partial charge on any atom is -0.493 e. The molecule has 0 radical (unpaired) electrons. The molecule has 0 unspecified atom stereocenters. The van der Waals surface area contributed by atoms with E-state index >= 15 is 0 Å². The number of hydrogen-bond donors (Lipinski definition) is 0. The Labute approximate surface area is 156 Å². The predicted octanol–water partition coefficient (Wildman–Crippen LogP) is 3.53. The smallest absolute Gasteiger partial charge is 0.345 e. The second kappa shape index (κ2) is 10.0. The van der Waals surface area contributed by atoms with Crippen LogP contribution in [-0.2, 0) is 19.1 Å². The van der Waals surface area contributed by atoms with E-state index < -0.39 is 20.0 Å².